The van der Waals surface area contributed by atoms with Crippen LogP contribution in [0.25, 0.3) is 21.5 Å². The van der Waals surface area contributed by atoms with Crippen LogP contribution in [0.1, 0.15) is 77.2 Å². The first-order valence-corrected chi connectivity index (χ1v) is 17.1. The number of fused-ring (bicyclic) bond motifs is 2. The topological polar surface area (TPSA) is 135 Å². The molecule has 0 spiro atoms. The molecule has 12 heteroatoms. The van der Waals surface area contributed by atoms with Gasteiger partial charge in [0.25, 0.3) is 5.91 Å². The van der Waals surface area contributed by atoms with Gasteiger partial charge in [0.15, 0.2) is 10.8 Å². The molecule has 11 nitrogen and oxygen atoms in total. The number of carboxylic acids is 1. The Hall–Kier alpha value is -4.68. The lowest BCUT2D eigenvalue weighted by molar-refractivity contribution is -0.0857. The minimum atomic E-state index is -1.14. The first-order valence-electron chi connectivity index (χ1n) is 16.3. The maximum absolute atomic E-state index is 13.5. The van der Waals surface area contributed by atoms with Crippen LogP contribution in [0, 0.1) is 12.3 Å². The molecule has 2 aliphatic rings. The normalized spacial score (nSPS) is 18.9. The maximum atomic E-state index is 13.5. The summed E-state index contributed by atoms with van der Waals surface area (Å²) >= 11 is 1.43. The number of carboxylic acid groups (broad SMARTS) is 1. The van der Waals surface area contributed by atoms with E-state index in [4.69, 9.17) is 4.74 Å². The molecular weight excluding hydrogens is 627 g/mol. The number of methoxy groups -OCH3 is 1. The summed E-state index contributed by atoms with van der Waals surface area (Å²) in [5, 5.41) is 22.7. The quantitative estimate of drug-likeness (QED) is 0.184. The molecule has 7 rings (SSSR count). The average Bonchev–Trinajstić information content (AvgIpc) is 3.65. The minimum absolute atomic E-state index is 0.0874. The molecule has 3 aromatic heterocycles. The van der Waals surface area contributed by atoms with E-state index in [2.05, 4.69) is 39.4 Å². The molecule has 0 saturated heterocycles. The first-order chi connectivity index (χ1) is 23.0. The molecule has 1 aliphatic heterocycles. The standard InChI is InChI=1S/C36H39N7O4S/c1-22-30(40-41-43(22)21-36(47-4)17-8-16-35(2,3)20-36)25-13-14-29(38-31(25)33(45)46)42-18-15-23-9-7-10-24(26(23)19-42)32(44)39-34-37-27-11-5-6-12-28(27)48-34/h5-7,9-14H,8,15-21H2,1-4H3,(H,45,46)(H,37,39,44). The third-order valence-corrected chi connectivity index (χ3v) is 10.8. The lowest BCUT2D eigenvalue weighted by atomic mass is 9.69. The van der Waals surface area contributed by atoms with Crippen LogP contribution >= 0.6 is 11.3 Å². The van der Waals surface area contributed by atoms with Crippen molar-refractivity contribution in [3.8, 4) is 11.3 Å². The van der Waals surface area contributed by atoms with E-state index in [-0.39, 0.29) is 22.6 Å². The number of pyridine rings is 1. The molecular formula is C36H39N7O4S. The molecule has 1 saturated carbocycles. The van der Waals surface area contributed by atoms with Gasteiger partial charge in [0.05, 0.1) is 28.1 Å². The molecule has 0 radical (unpaired) electrons. The number of ether oxygens (including phenoxy) is 1. The molecule has 248 valence electrons. The minimum Gasteiger partial charge on any atom is -0.476 e. The van der Waals surface area contributed by atoms with Gasteiger partial charge in [0.2, 0.25) is 0 Å². The Bertz CT molecular complexity index is 2000. The smallest absolute Gasteiger partial charge is 0.355 e. The number of amides is 1. The van der Waals surface area contributed by atoms with Crippen LogP contribution in [0.15, 0.2) is 54.6 Å². The van der Waals surface area contributed by atoms with Crippen LogP contribution in [0.4, 0.5) is 10.9 Å². The number of carbonyl (C=O) groups is 2. The number of anilines is 2. The molecule has 0 bridgehead atoms. The van der Waals surface area contributed by atoms with E-state index < -0.39 is 5.97 Å². The number of benzene rings is 2. The van der Waals surface area contributed by atoms with Gasteiger partial charge in [-0.05, 0) is 85.9 Å². The Morgan fingerprint density at radius 2 is 1.90 bits per heavy atom. The second-order valence-corrected chi connectivity index (χ2v) is 14.7. The van der Waals surface area contributed by atoms with E-state index in [1.165, 1.54) is 11.3 Å². The number of hydrogen-bond donors (Lipinski definition) is 2. The van der Waals surface area contributed by atoms with Crippen LogP contribution in [0.3, 0.4) is 0 Å². The van der Waals surface area contributed by atoms with Crippen LogP contribution in [0.2, 0.25) is 0 Å². The van der Waals surface area contributed by atoms with Crippen LogP contribution in [-0.4, -0.2) is 61.2 Å². The number of rotatable bonds is 8. The fraction of sp³-hybridized carbons (Fsp3) is 0.389. The highest BCUT2D eigenvalue weighted by Gasteiger charge is 2.41. The van der Waals surface area contributed by atoms with Gasteiger partial charge in [-0.15, -0.1) is 5.10 Å². The zero-order valence-corrected chi connectivity index (χ0v) is 28.4. The van der Waals surface area contributed by atoms with Gasteiger partial charge in [0.1, 0.15) is 11.5 Å². The zero-order chi connectivity index (χ0) is 33.6. The molecule has 1 amide bonds. The molecule has 2 N–H and O–H groups in total. The summed E-state index contributed by atoms with van der Waals surface area (Å²) in [4.78, 5) is 37.3. The van der Waals surface area contributed by atoms with Crippen molar-refractivity contribution in [3.05, 3.63) is 82.7 Å². The Morgan fingerprint density at radius 3 is 2.67 bits per heavy atom. The van der Waals surface area contributed by atoms with E-state index in [1.54, 1.807) is 13.2 Å². The van der Waals surface area contributed by atoms with E-state index in [0.717, 1.165) is 52.7 Å². The number of hydrogen-bond acceptors (Lipinski definition) is 9. The van der Waals surface area contributed by atoms with E-state index >= 15 is 0 Å². The first kappa shape index (κ1) is 31.9. The largest absolute Gasteiger partial charge is 0.476 e. The number of thiazole rings is 1. The van der Waals surface area contributed by atoms with Crippen molar-refractivity contribution >= 4 is 44.4 Å². The Kier molecular flexibility index (Phi) is 8.24. The van der Waals surface area contributed by atoms with Crippen molar-refractivity contribution in [1.29, 1.82) is 0 Å². The third-order valence-electron chi connectivity index (χ3n) is 9.83. The number of carbonyl (C=O) groups excluding carboxylic acids is 1. The summed E-state index contributed by atoms with van der Waals surface area (Å²) in [5.41, 5.74) is 4.77. The lowest BCUT2D eigenvalue weighted by Crippen LogP contribution is -2.44. The predicted molar refractivity (Wildman–Crippen MR) is 186 cm³/mol. The number of nitrogens with one attached hydrogen (secondary N) is 1. The molecule has 1 aliphatic carbocycles. The summed E-state index contributed by atoms with van der Waals surface area (Å²) in [6.45, 7) is 8.04. The third kappa shape index (κ3) is 6.06. The number of aromatic carboxylic acids is 1. The van der Waals surface area contributed by atoms with E-state index in [9.17, 15) is 14.7 Å². The summed E-state index contributed by atoms with van der Waals surface area (Å²) in [6, 6.07) is 17.1. The summed E-state index contributed by atoms with van der Waals surface area (Å²) in [6.07, 6.45) is 4.76. The van der Waals surface area contributed by atoms with Crippen molar-refractivity contribution in [2.75, 3.05) is 23.9 Å². The zero-order valence-electron chi connectivity index (χ0n) is 27.6. The second kappa shape index (κ2) is 12.4. The fourth-order valence-electron chi connectivity index (χ4n) is 7.40. The van der Waals surface area contributed by atoms with Crippen molar-refractivity contribution in [2.45, 2.75) is 71.6 Å². The number of para-hydroxylation sites is 1. The van der Waals surface area contributed by atoms with Gasteiger partial charge in [-0.1, -0.05) is 54.7 Å². The van der Waals surface area contributed by atoms with Gasteiger partial charge < -0.3 is 14.7 Å². The van der Waals surface area contributed by atoms with Crippen molar-refractivity contribution in [1.82, 2.24) is 25.0 Å². The maximum Gasteiger partial charge on any atom is 0.355 e. The fourth-order valence-corrected chi connectivity index (χ4v) is 8.26. The van der Waals surface area contributed by atoms with Crippen LogP contribution in [0.5, 0.6) is 0 Å². The van der Waals surface area contributed by atoms with Crippen molar-refractivity contribution in [3.63, 3.8) is 0 Å². The second-order valence-electron chi connectivity index (χ2n) is 13.7. The van der Waals surface area contributed by atoms with E-state index in [0.29, 0.717) is 53.8 Å². The van der Waals surface area contributed by atoms with E-state index in [1.807, 2.05) is 65.0 Å². The molecule has 1 unspecified atom stereocenters. The summed E-state index contributed by atoms with van der Waals surface area (Å²) in [5.74, 6) is -0.847. The molecule has 4 heterocycles. The van der Waals surface area contributed by atoms with Gasteiger partial charge >= 0.3 is 5.97 Å². The monoisotopic (exact) mass is 665 g/mol. The van der Waals surface area contributed by atoms with Gasteiger partial charge in [-0.2, -0.15) is 0 Å². The highest BCUT2D eigenvalue weighted by Crippen LogP contribution is 2.44. The van der Waals surface area contributed by atoms with Gasteiger partial charge in [0, 0.05) is 31.3 Å². The molecule has 48 heavy (non-hydrogen) atoms. The van der Waals surface area contributed by atoms with Crippen LogP contribution in [-0.2, 0) is 24.2 Å². The Labute approximate surface area is 283 Å². The average molecular weight is 666 g/mol. The molecule has 1 fully saturated rings. The van der Waals surface area contributed by atoms with Gasteiger partial charge in [-0.25, -0.2) is 19.4 Å². The Balaban J connectivity index is 1.14. The summed E-state index contributed by atoms with van der Waals surface area (Å²) in [7, 11) is 1.76. The Morgan fingerprint density at radius 1 is 1.06 bits per heavy atom. The number of aromatic nitrogens is 5. The molecule has 5 aromatic rings. The lowest BCUT2D eigenvalue weighted by Gasteiger charge is -2.44. The molecule has 2 aromatic carbocycles. The SMILES string of the molecule is COC1(Cn2nnc(-c3ccc(N4CCc5cccc(C(=O)Nc6nc7ccccc7s6)c5C4)nc3C(=O)O)c2C)CCCC(C)(C)C1. The highest BCUT2D eigenvalue weighted by molar-refractivity contribution is 7.22. The van der Waals surface area contributed by atoms with Crippen molar-refractivity contribution < 1.29 is 19.4 Å². The van der Waals surface area contributed by atoms with Gasteiger partial charge in [-0.3, -0.25) is 10.1 Å². The summed E-state index contributed by atoms with van der Waals surface area (Å²) < 4.78 is 8.93. The van der Waals surface area contributed by atoms with Crippen LogP contribution < -0.4 is 10.2 Å². The number of nitrogens with zero attached hydrogens (tertiary/aromatic N) is 6. The highest BCUT2D eigenvalue weighted by atomic mass is 32.1. The predicted octanol–water partition coefficient (Wildman–Crippen LogP) is 6.76. The van der Waals surface area contributed by atoms with Crippen molar-refractivity contribution in [2.24, 2.45) is 5.41 Å². The molecule has 1 atom stereocenters.